The second kappa shape index (κ2) is 9.49. The number of likely N-dealkylation sites (N-methyl/N-ethyl adjacent to an activating group) is 1. The van der Waals surface area contributed by atoms with Crippen LogP contribution in [0.25, 0.3) is 0 Å². The average Bonchev–Trinajstić information content (AvgIpc) is 2.75. The Morgan fingerprint density at radius 1 is 1.13 bits per heavy atom. The monoisotopic (exact) mass is 430 g/mol. The van der Waals surface area contributed by atoms with E-state index < -0.39 is 5.54 Å². The number of ether oxygens (including phenoxy) is 2. The standard InChI is InChI=1S/C23H27ClN2O4/c1-26(23(12-8-7-11-21(23)27)16-9-5-4-6-10-16)15-22(28)25-18-14-19(29-2)17(24)13-20(18)30-3/h4-6,9-10,13-14H,7-8,11-12,15H2,1-3H3,(H,25,28). The summed E-state index contributed by atoms with van der Waals surface area (Å²) >= 11 is 6.14. The maximum absolute atomic E-state index is 13.1. The molecule has 30 heavy (non-hydrogen) atoms. The van der Waals surface area contributed by atoms with Crippen molar-refractivity contribution in [2.45, 2.75) is 31.2 Å². The molecule has 0 radical (unpaired) electrons. The van der Waals surface area contributed by atoms with Gasteiger partial charge in [0.1, 0.15) is 17.0 Å². The summed E-state index contributed by atoms with van der Waals surface area (Å²) in [5, 5.41) is 3.25. The molecule has 1 atom stereocenters. The molecule has 0 spiro atoms. The SMILES string of the molecule is COc1cc(NC(=O)CN(C)C2(c3ccccc3)CCCCC2=O)c(OC)cc1Cl. The highest BCUT2D eigenvalue weighted by molar-refractivity contribution is 6.32. The van der Waals surface area contributed by atoms with Crippen molar-refractivity contribution in [3.63, 3.8) is 0 Å². The van der Waals surface area contributed by atoms with Crippen molar-refractivity contribution in [1.82, 2.24) is 4.90 Å². The first-order valence-corrected chi connectivity index (χ1v) is 10.3. The van der Waals surface area contributed by atoms with E-state index in [1.807, 2.05) is 42.3 Å². The zero-order chi connectivity index (χ0) is 21.7. The molecule has 2 aromatic carbocycles. The first-order valence-electron chi connectivity index (χ1n) is 9.94. The number of methoxy groups -OCH3 is 2. The number of anilines is 1. The maximum Gasteiger partial charge on any atom is 0.238 e. The van der Waals surface area contributed by atoms with Gasteiger partial charge in [-0.3, -0.25) is 14.5 Å². The molecular weight excluding hydrogens is 404 g/mol. The molecule has 1 amide bonds. The quantitative estimate of drug-likeness (QED) is 0.710. The number of ketones is 1. The number of hydrogen-bond donors (Lipinski definition) is 1. The second-order valence-electron chi connectivity index (χ2n) is 7.45. The summed E-state index contributed by atoms with van der Waals surface area (Å²) in [7, 11) is 4.84. The number of carbonyl (C=O) groups excluding carboxylic acids is 2. The van der Waals surface area contributed by atoms with Gasteiger partial charge in [0.25, 0.3) is 0 Å². The molecule has 0 bridgehead atoms. The topological polar surface area (TPSA) is 67.9 Å². The van der Waals surface area contributed by atoms with Crippen molar-refractivity contribution in [1.29, 1.82) is 0 Å². The van der Waals surface area contributed by atoms with Crippen molar-refractivity contribution in [3.05, 3.63) is 53.1 Å². The fourth-order valence-corrected chi connectivity index (χ4v) is 4.38. The summed E-state index contributed by atoms with van der Waals surface area (Å²) in [5.74, 6) is 0.766. The Hall–Kier alpha value is -2.57. The highest BCUT2D eigenvalue weighted by atomic mass is 35.5. The van der Waals surface area contributed by atoms with Gasteiger partial charge >= 0.3 is 0 Å². The summed E-state index contributed by atoms with van der Waals surface area (Å²) in [4.78, 5) is 27.9. The molecule has 0 saturated heterocycles. The number of hydrogen-bond acceptors (Lipinski definition) is 5. The molecule has 1 N–H and O–H groups in total. The predicted octanol–water partition coefficient (Wildman–Crippen LogP) is 4.27. The van der Waals surface area contributed by atoms with E-state index in [1.165, 1.54) is 14.2 Å². The zero-order valence-electron chi connectivity index (χ0n) is 17.5. The molecule has 1 aliphatic rings. The number of amides is 1. The minimum absolute atomic E-state index is 0.0503. The summed E-state index contributed by atoms with van der Waals surface area (Å²) in [6.07, 6.45) is 3.03. The summed E-state index contributed by atoms with van der Waals surface area (Å²) in [6.45, 7) is 0.0503. The van der Waals surface area contributed by atoms with E-state index in [4.69, 9.17) is 21.1 Å². The van der Waals surface area contributed by atoms with Crippen LogP contribution in [0.5, 0.6) is 11.5 Å². The average molecular weight is 431 g/mol. The van der Waals surface area contributed by atoms with Crippen LogP contribution in [0.4, 0.5) is 5.69 Å². The molecule has 1 fully saturated rings. The van der Waals surface area contributed by atoms with Gasteiger partial charge in [-0.15, -0.1) is 0 Å². The number of benzene rings is 2. The third-order valence-electron chi connectivity index (χ3n) is 5.69. The van der Waals surface area contributed by atoms with Gasteiger partial charge in [0.05, 0.1) is 31.5 Å². The van der Waals surface area contributed by atoms with Crippen LogP contribution in [0.1, 0.15) is 31.2 Å². The van der Waals surface area contributed by atoms with Gasteiger partial charge in [0, 0.05) is 18.6 Å². The van der Waals surface area contributed by atoms with Gasteiger partial charge in [-0.1, -0.05) is 48.4 Å². The van der Waals surface area contributed by atoms with Gasteiger partial charge in [-0.05, 0) is 25.5 Å². The third kappa shape index (κ3) is 4.30. The Kier molecular flexibility index (Phi) is 7.00. The molecule has 1 unspecified atom stereocenters. The molecule has 0 heterocycles. The highest BCUT2D eigenvalue weighted by Gasteiger charge is 2.45. The van der Waals surface area contributed by atoms with Crippen LogP contribution < -0.4 is 14.8 Å². The largest absolute Gasteiger partial charge is 0.495 e. The van der Waals surface area contributed by atoms with E-state index in [1.54, 1.807) is 12.1 Å². The zero-order valence-corrected chi connectivity index (χ0v) is 18.3. The van der Waals surface area contributed by atoms with Gasteiger partial charge in [0.15, 0.2) is 5.78 Å². The second-order valence-corrected chi connectivity index (χ2v) is 7.86. The molecule has 7 heteroatoms. The fraction of sp³-hybridized carbons (Fsp3) is 0.391. The van der Waals surface area contributed by atoms with Crippen molar-refractivity contribution < 1.29 is 19.1 Å². The van der Waals surface area contributed by atoms with Crippen LogP contribution >= 0.6 is 11.6 Å². The van der Waals surface area contributed by atoms with Crippen LogP contribution in [0.2, 0.25) is 5.02 Å². The lowest BCUT2D eigenvalue weighted by Gasteiger charge is -2.43. The van der Waals surface area contributed by atoms with Crippen molar-refractivity contribution in [3.8, 4) is 11.5 Å². The molecule has 3 rings (SSSR count). The lowest BCUT2D eigenvalue weighted by molar-refractivity contribution is -0.135. The molecule has 2 aromatic rings. The van der Waals surface area contributed by atoms with E-state index in [0.29, 0.717) is 35.1 Å². The van der Waals surface area contributed by atoms with Crippen LogP contribution in [0, 0.1) is 0 Å². The predicted molar refractivity (Wildman–Crippen MR) is 117 cm³/mol. The molecule has 0 aromatic heterocycles. The minimum atomic E-state index is -0.793. The van der Waals surface area contributed by atoms with Gasteiger partial charge < -0.3 is 14.8 Å². The molecular formula is C23H27ClN2O4. The normalized spacial score (nSPS) is 18.9. The van der Waals surface area contributed by atoms with Crippen LogP contribution in [0.3, 0.4) is 0 Å². The Morgan fingerprint density at radius 3 is 2.47 bits per heavy atom. The van der Waals surface area contributed by atoms with Gasteiger partial charge in [-0.25, -0.2) is 0 Å². The Bertz CT molecular complexity index is 919. The Balaban J connectivity index is 1.84. The minimum Gasteiger partial charge on any atom is -0.495 e. The number of carbonyl (C=O) groups is 2. The van der Waals surface area contributed by atoms with E-state index >= 15 is 0 Å². The number of halogens is 1. The van der Waals surface area contributed by atoms with Crippen LogP contribution in [-0.4, -0.2) is 44.4 Å². The highest BCUT2D eigenvalue weighted by Crippen LogP contribution is 2.39. The molecule has 0 aliphatic heterocycles. The Morgan fingerprint density at radius 2 is 1.83 bits per heavy atom. The van der Waals surface area contributed by atoms with Crippen molar-refractivity contribution >= 4 is 29.0 Å². The third-order valence-corrected chi connectivity index (χ3v) is 5.98. The smallest absolute Gasteiger partial charge is 0.238 e. The van der Waals surface area contributed by atoms with E-state index in [0.717, 1.165) is 18.4 Å². The molecule has 6 nitrogen and oxygen atoms in total. The number of Topliss-reactive ketones (excluding diaryl/α,β-unsaturated/α-hetero) is 1. The first-order chi connectivity index (χ1) is 14.4. The van der Waals surface area contributed by atoms with Gasteiger partial charge in [-0.2, -0.15) is 0 Å². The van der Waals surface area contributed by atoms with E-state index in [-0.39, 0.29) is 18.2 Å². The lowest BCUT2D eigenvalue weighted by Crippen LogP contribution is -2.53. The summed E-state index contributed by atoms with van der Waals surface area (Å²) in [6, 6.07) is 12.9. The number of rotatable bonds is 7. The van der Waals surface area contributed by atoms with Crippen molar-refractivity contribution in [2.24, 2.45) is 0 Å². The number of nitrogens with one attached hydrogen (secondary N) is 1. The van der Waals surface area contributed by atoms with Crippen LogP contribution in [0.15, 0.2) is 42.5 Å². The van der Waals surface area contributed by atoms with Crippen molar-refractivity contribution in [2.75, 3.05) is 33.1 Å². The molecule has 1 saturated carbocycles. The molecule has 1 aliphatic carbocycles. The molecule has 160 valence electrons. The van der Waals surface area contributed by atoms with E-state index in [9.17, 15) is 9.59 Å². The van der Waals surface area contributed by atoms with E-state index in [2.05, 4.69) is 5.32 Å². The fourth-order valence-electron chi connectivity index (χ4n) is 4.15. The van der Waals surface area contributed by atoms with Crippen LogP contribution in [-0.2, 0) is 15.1 Å². The summed E-state index contributed by atoms with van der Waals surface area (Å²) < 4.78 is 10.6. The first kappa shape index (κ1) is 22.1. The number of nitrogens with zero attached hydrogens (tertiary/aromatic N) is 1. The van der Waals surface area contributed by atoms with Gasteiger partial charge in [0.2, 0.25) is 5.91 Å². The maximum atomic E-state index is 13.1. The Labute approximate surface area is 182 Å². The summed E-state index contributed by atoms with van der Waals surface area (Å²) in [5.41, 5.74) is 0.593. The lowest BCUT2D eigenvalue weighted by atomic mass is 9.74.